The summed E-state index contributed by atoms with van der Waals surface area (Å²) >= 11 is 5.46. The number of hydrogen-bond acceptors (Lipinski definition) is 3. The summed E-state index contributed by atoms with van der Waals surface area (Å²) < 4.78 is 60.0. The molecule has 0 aliphatic carbocycles. The van der Waals surface area contributed by atoms with Crippen molar-refractivity contribution >= 4 is 17.3 Å². The summed E-state index contributed by atoms with van der Waals surface area (Å²) in [6, 6.07) is 0. The molecule has 0 bridgehead atoms. The fourth-order valence-corrected chi connectivity index (χ4v) is 1.27. The van der Waals surface area contributed by atoms with E-state index in [2.05, 4.69) is 10.4 Å². The van der Waals surface area contributed by atoms with E-state index in [4.69, 9.17) is 11.6 Å². The normalized spacial score (nSPS) is 11.9. The van der Waals surface area contributed by atoms with Gasteiger partial charge in [-0.1, -0.05) is 11.6 Å². The lowest BCUT2D eigenvalue weighted by Crippen LogP contribution is -2.31. The third-order valence-electron chi connectivity index (χ3n) is 1.76. The van der Waals surface area contributed by atoms with Crippen LogP contribution in [0.1, 0.15) is 0 Å². The van der Waals surface area contributed by atoms with Crippen LogP contribution in [-0.2, 0) is 6.54 Å². The van der Waals surface area contributed by atoms with Crippen molar-refractivity contribution < 1.29 is 22.0 Å². The Morgan fingerprint density at radius 3 is 2.56 bits per heavy atom. The molecule has 18 heavy (non-hydrogen) atoms. The predicted molar refractivity (Wildman–Crippen MR) is 54.1 cm³/mol. The van der Waals surface area contributed by atoms with Gasteiger partial charge in [-0.05, 0) is 0 Å². The molecular weight excluding hydrogens is 285 g/mol. The second kappa shape index (κ2) is 5.51. The lowest BCUT2D eigenvalue weighted by Gasteiger charge is -2.11. The molecule has 0 radical (unpaired) electrons. The SMILES string of the molecule is O=c1c(Cl)c(NCC(F)F)cnn1CC(F)(F)F. The van der Waals surface area contributed by atoms with Gasteiger partial charge in [0, 0.05) is 0 Å². The van der Waals surface area contributed by atoms with Gasteiger partial charge < -0.3 is 5.32 Å². The molecule has 10 heteroatoms. The van der Waals surface area contributed by atoms with E-state index >= 15 is 0 Å². The van der Waals surface area contributed by atoms with E-state index in [0.717, 1.165) is 6.20 Å². The molecule has 0 amide bonds. The lowest BCUT2D eigenvalue weighted by atomic mass is 10.4. The number of aromatic nitrogens is 2. The Morgan fingerprint density at radius 1 is 1.44 bits per heavy atom. The highest BCUT2D eigenvalue weighted by Crippen LogP contribution is 2.19. The Labute approximate surface area is 102 Å². The fraction of sp³-hybridized carbons (Fsp3) is 0.500. The first-order valence-corrected chi connectivity index (χ1v) is 4.93. The molecule has 1 aromatic heterocycles. The van der Waals surface area contributed by atoms with Gasteiger partial charge in [-0.25, -0.2) is 13.5 Å². The first-order chi connectivity index (χ1) is 8.20. The quantitative estimate of drug-likeness (QED) is 0.865. The van der Waals surface area contributed by atoms with Crippen LogP contribution in [-0.4, -0.2) is 28.9 Å². The maximum absolute atomic E-state index is 12.0. The van der Waals surface area contributed by atoms with Crippen molar-refractivity contribution in [1.82, 2.24) is 9.78 Å². The number of rotatable bonds is 4. The number of alkyl halides is 5. The van der Waals surface area contributed by atoms with Gasteiger partial charge in [0.2, 0.25) is 0 Å². The third kappa shape index (κ3) is 4.13. The highest BCUT2D eigenvalue weighted by molar-refractivity contribution is 6.32. The summed E-state index contributed by atoms with van der Waals surface area (Å²) in [6.45, 7) is -2.38. The Bertz CT molecular complexity index is 473. The van der Waals surface area contributed by atoms with E-state index in [1.54, 1.807) is 0 Å². The minimum Gasteiger partial charge on any atom is -0.377 e. The Kier molecular flexibility index (Phi) is 4.49. The monoisotopic (exact) mass is 291 g/mol. The van der Waals surface area contributed by atoms with E-state index in [9.17, 15) is 26.7 Å². The number of halogens is 6. The third-order valence-corrected chi connectivity index (χ3v) is 2.13. The second-order valence-electron chi connectivity index (χ2n) is 3.22. The van der Waals surface area contributed by atoms with Crippen molar-refractivity contribution in [1.29, 1.82) is 0 Å². The zero-order valence-corrected chi connectivity index (χ0v) is 9.40. The zero-order chi connectivity index (χ0) is 13.9. The average molecular weight is 292 g/mol. The summed E-state index contributed by atoms with van der Waals surface area (Å²) in [5.41, 5.74) is -1.44. The molecule has 0 atom stereocenters. The maximum atomic E-state index is 12.0. The van der Waals surface area contributed by atoms with E-state index in [-0.39, 0.29) is 10.4 Å². The van der Waals surface area contributed by atoms with Crippen molar-refractivity contribution in [2.24, 2.45) is 0 Å². The van der Waals surface area contributed by atoms with Crippen LogP contribution >= 0.6 is 11.6 Å². The van der Waals surface area contributed by atoms with Crippen LogP contribution in [0.5, 0.6) is 0 Å². The maximum Gasteiger partial charge on any atom is 0.408 e. The minimum atomic E-state index is -4.63. The van der Waals surface area contributed by atoms with E-state index in [1.165, 1.54) is 0 Å². The Balaban J connectivity index is 2.95. The van der Waals surface area contributed by atoms with Crippen LogP contribution in [0, 0.1) is 0 Å². The van der Waals surface area contributed by atoms with Gasteiger partial charge in [-0.2, -0.15) is 18.3 Å². The molecule has 0 aliphatic rings. The highest BCUT2D eigenvalue weighted by atomic mass is 35.5. The van der Waals surface area contributed by atoms with Crippen LogP contribution in [0.4, 0.5) is 27.6 Å². The summed E-state index contributed by atoms with van der Waals surface area (Å²) in [7, 11) is 0. The van der Waals surface area contributed by atoms with E-state index in [1.807, 2.05) is 0 Å². The Morgan fingerprint density at radius 2 is 2.06 bits per heavy atom. The van der Waals surface area contributed by atoms with Gasteiger partial charge in [0.1, 0.15) is 11.6 Å². The number of nitrogens with one attached hydrogen (secondary N) is 1. The van der Waals surface area contributed by atoms with Crippen LogP contribution in [0.15, 0.2) is 11.0 Å². The summed E-state index contributed by atoms with van der Waals surface area (Å²) in [5, 5.41) is 4.68. The second-order valence-corrected chi connectivity index (χ2v) is 3.60. The number of nitrogens with zero attached hydrogens (tertiary/aromatic N) is 2. The summed E-state index contributed by atoms with van der Waals surface area (Å²) in [5.74, 6) is 0. The highest BCUT2D eigenvalue weighted by Gasteiger charge is 2.29. The van der Waals surface area contributed by atoms with Crippen LogP contribution in [0.3, 0.4) is 0 Å². The van der Waals surface area contributed by atoms with Crippen molar-refractivity contribution in [3.8, 4) is 0 Å². The van der Waals surface area contributed by atoms with Gasteiger partial charge in [0.15, 0.2) is 0 Å². The molecule has 0 unspecified atom stereocenters. The van der Waals surface area contributed by atoms with Gasteiger partial charge in [0.05, 0.1) is 18.4 Å². The Hall–Kier alpha value is -1.38. The van der Waals surface area contributed by atoms with Crippen molar-refractivity contribution in [3.63, 3.8) is 0 Å². The summed E-state index contributed by atoms with van der Waals surface area (Å²) in [4.78, 5) is 11.4. The van der Waals surface area contributed by atoms with Crippen LogP contribution in [0.25, 0.3) is 0 Å². The number of anilines is 1. The molecular formula is C8H7ClF5N3O. The van der Waals surface area contributed by atoms with Crippen LogP contribution < -0.4 is 10.9 Å². The van der Waals surface area contributed by atoms with Crippen molar-refractivity contribution in [2.75, 3.05) is 11.9 Å². The van der Waals surface area contributed by atoms with E-state index in [0.29, 0.717) is 0 Å². The van der Waals surface area contributed by atoms with Gasteiger partial charge in [-0.15, -0.1) is 0 Å². The largest absolute Gasteiger partial charge is 0.408 e. The van der Waals surface area contributed by atoms with Gasteiger partial charge in [-0.3, -0.25) is 4.79 Å². The molecule has 0 aromatic carbocycles. The first-order valence-electron chi connectivity index (χ1n) is 4.55. The van der Waals surface area contributed by atoms with Crippen LogP contribution in [0.2, 0.25) is 5.02 Å². The molecule has 0 spiro atoms. The standard InChI is InChI=1S/C8H7ClF5N3O/c9-6-4(15-2-5(10)11)1-16-17(7(6)18)3-8(12,13)14/h1,5,15H,2-3H2. The molecule has 1 aromatic rings. The first kappa shape index (κ1) is 14.7. The molecule has 0 aliphatic heterocycles. The molecule has 0 saturated heterocycles. The van der Waals surface area contributed by atoms with Crippen molar-refractivity contribution in [2.45, 2.75) is 19.1 Å². The fourth-order valence-electron chi connectivity index (χ4n) is 1.06. The molecule has 0 fully saturated rings. The molecule has 102 valence electrons. The number of hydrogen-bond donors (Lipinski definition) is 1. The van der Waals surface area contributed by atoms with Gasteiger partial charge in [0.25, 0.3) is 12.0 Å². The molecule has 1 heterocycles. The molecule has 0 saturated carbocycles. The predicted octanol–water partition coefficient (Wildman–Crippen LogP) is 2.14. The van der Waals surface area contributed by atoms with Crippen molar-refractivity contribution in [3.05, 3.63) is 21.6 Å². The topological polar surface area (TPSA) is 46.9 Å². The smallest absolute Gasteiger partial charge is 0.377 e. The minimum absolute atomic E-state index is 0.107. The molecule has 4 nitrogen and oxygen atoms in total. The molecule has 1 N–H and O–H groups in total. The zero-order valence-electron chi connectivity index (χ0n) is 8.64. The van der Waals surface area contributed by atoms with E-state index < -0.39 is 36.3 Å². The molecule has 1 rings (SSSR count). The van der Waals surface area contributed by atoms with Gasteiger partial charge >= 0.3 is 6.18 Å². The summed E-state index contributed by atoms with van der Waals surface area (Å²) in [6.07, 6.45) is -6.53. The lowest BCUT2D eigenvalue weighted by molar-refractivity contribution is -0.143. The average Bonchev–Trinajstić information content (AvgIpc) is 2.22.